The number of carbonyl (C=O) groups is 1. The fourth-order valence-corrected chi connectivity index (χ4v) is 1.89. The van der Waals surface area contributed by atoms with Crippen LogP contribution in [0.15, 0.2) is 24.3 Å². The molecule has 1 aromatic rings. The van der Waals surface area contributed by atoms with Gasteiger partial charge in [0.25, 0.3) is 0 Å². The number of nitrogens with one attached hydrogen (secondary N) is 1. The summed E-state index contributed by atoms with van der Waals surface area (Å²) in [5.74, 6) is 0.112. The van der Waals surface area contributed by atoms with E-state index in [1.807, 2.05) is 24.3 Å². The van der Waals surface area contributed by atoms with Crippen molar-refractivity contribution in [1.29, 1.82) is 0 Å². The van der Waals surface area contributed by atoms with E-state index in [9.17, 15) is 4.79 Å². The molecule has 20 heavy (non-hydrogen) atoms. The summed E-state index contributed by atoms with van der Waals surface area (Å²) >= 11 is 0. The minimum absolute atomic E-state index is 0.146. The largest absolute Gasteiger partial charge is 0.494 e. The van der Waals surface area contributed by atoms with Crippen molar-refractivity contribution in [3.8, 4) is 5.75 Å². The highest BCUT2D eigenvalue weighted by atomic mass is 16.5. The Morgan fingerprint density at radius 2 is 2.15 bits per heavy atom. The monoisotopic (exact) mass is 279 g/mol. The molecule has 0 radical (unpaired) electrons. The number of hydrogen-bond donors (Lipinski definition) is 2. The summed E-state index contributed by atoms with van der Waals surface area (Å²) in [5.41, 5.74) is 1.11. The smallest absolute Gasteiger partial charge is 0.304 e. The van der Waals surface area contributed by atoms with Crippen molar-refractivity contribution in [3.05, 3.63) is 29.8 Å². The van der Waals surface area contributed by atoms with Crippen LogP contribution in [-0.2, 0) is 11.3 Å². The van der Waals surface area contributed by atoms with Crippen molar-refractivity contribution in [2.24, 2.45) is 0 Å². The maximum Gasteiger partial charge on any atom is 0.304 e. The van der Waals surface area contributed by atoms with Gasteiger partial charge in [0.15, 0.2) is 0 Å². The van der Waals surface area contributed by atoms with Gasteiger partial charge in [-0.2, -0.15) is 0 Å². The van der Waals surface area contributed by atoms with Gasteiger partial charge in [0.2, 0.25) is 0 Å². The zero-order valence-corrected chi connectivity index (χ0v) is 12.2. The lowest BCUT2D eigenvalue weighted by Crippen LogP contribution is -2.17. The molecular weight excluding hydrogens is 254 g/mol. The SMILES string of the molecule is CCCCCCOc1cccc(CNCCC(=O)O)c1. The van der Waals surface area contributed by atoms with E-state index in [-0.39, 0.29) is 6.42 Å². The fourth-order valence-electron chi connectivity index (χ4n) is 1.89. The van der Waals surface area contributed by atoms with E-state index in [1.54, 1.807) is 0 Å². The Hall–Kier alpha value is -1.55. The standard InChI is InChI=1S/C16H25NO3/c1-2-3-4-5-11-20-15-8-6-7-14(12-15)13-17-10-9-16(18)19/h6-8,12,17H,2-5,9-11,13H2,1H3,(H,18,19). The average molecular weight is 279 g/mol. The van der Waals surface area contributed by atoms with Crippen molar-refractivity contribution in [2.45, 2.75) is 45.6 Å². The number of hydrogen-bond acceptors (Lipinski definition) is 3. The van der Waals surface area contributed by atoms with E-state index in [0.717, 1.165) is 24.3 Å². The van der Waals surface area contributed by atoms with Gasteiger partial charge in [-0.1, -0.05) is 38.3 Å². The van der Waals surface area contributed by atoms with Gasteiger partial charge in [-0.3, -0.25) is 4.79 Å². The molecule has 0 saturated carbocycles. The van der Waals surface area contributed by atoms with Crippen LogP contribution in [0.2, 0.25) is 0 Å². The number of ether oxygens (including phenoxy) is 1. The molecule has 1 rings (SSSR count). The van der Waals surface area contributed by atoms with Crippen molar-refractivity contribution in [1.82, 2.24) is 5.32 Å². The maximum atomic E-state index is 10.4. The summed E-state index contributed by atoms with van der Waals surface area (Å²) < 4.78 is 5.72. The molecule has 4 heteroatoms. The summed E-state index contributed by atoms with van der Waals surface area (Å²) in [6.07, 6.45) is 4.95. The minimum atomic E-state index is -0.776. The molecule has 0 heterocycles. The van der Waals surface area contributed by atoms with Crippen LogP contribution in [0.25, 0.3) is 0 Å². The Balaban J connectivity index is 2.24. The Bertz CT molecular complexity index is 393. The van der Waals surface area contributed by atoms with Crippen LogP contribution in [0.1, 0.15) is 44.6 Å². The molecule has 112 valence electrons. The highest BCUT2D eigenvalue weighted by Crippen LogP contribution is 2.14. The number of aliphatic carboxylic acids is 1. The van der Waals surface area contributed by atoms with Gasteiger partial charge in [-0.25, -0.2) is 0 Å². The zero-order valence-electron chi connectivity index (χ0n) is 12.2. The summed E-state index contributed by atoms with van der Waals surface area (Å²) in [6, 6.07) is 7.95. The normalized spacial score (nSPS) is 10.4. The molecular formula is C16H25NO3. The number of rotatable bonds is 11. The quantitative estimate of drug-likeness (QED) is 0.611. The molecule has 0 atom stereocenters. The second kappa shape index (κ2) is 10.3. The van der Waals surface area contributed by atoms with E-state index in [2.05, 4.69) is 12.2 Å². The second-order valence-corrected chi connectivity index (χ2v) is 4.88. The summed E-state index contributed by atoms with van der Waals surface area (Å²) in [6.45, 7) is 4.11. The first-order valence-corrected chi connectivity index (χ1v) is 7.36. The summed E-state index contributed by atoms with van der Waals surface area (Å²) in [5, 5.41) is 11.7. The first-order chi connectivity index (χ1) is 9.72. The van der Waals surface area contributed by atoms with Gasteiger partial charge in [0.1, 0.15) is 5.75 Å². The predicted molar refractivity (Wildman–Crippen MR) is 80.0 cm³/mol. The van der Waals surface area contributed by atoms with E-state index in [0.29, 0.717) is 13.1 Å². The van der Waals surface area contributed by atoms with Gasteiger partial charge in [0, 0.05) is 13.1 Å². The molecule has 0 aliphatic heterocycles. The Morgan fingerprint density at radius 1 is 1.30 bits per heavy atom. The van der Waals surface area contributed by atoms with Gasteiger partial charge in [-0.15, -0.1) is 0 Å². The molecule has 0 fully saturated rings. The summed E-state index contributed by atoms with van der Waals surface area (Å²) in [4.78, 5) is 10.4. The van der Waals surface area contributed by atoms with Gasteiger partial charge in [0.05, 0.1) is 13.0 Å². The summed E-state index contributed by atoms with van der Waals surface area (Å²) in [7, 11) is 0. The lowest BCUT2D eigenvalue weighted by molar-refractivity contribution is -0.136. The first kappa shape index (κ1) is 16.5. The first-order valence-electron chi connectivity index (χ1n) is 7.36. The molecule has 0 aliphatic rings. The maximum absolute atomic E-state index is 10.4. The van der Waals surface area contributed by atoms with E-state index < -0.39 is 5.97 Å². The van der Waals surface area contributed by atoms with Crippen LogP contribution in [0.4, 0.5) is 0 Å². The molecule has 0 amide bonds. The van der Waals surface area contributed by atoms with Crippen LogP contribution in [0, 0.1) is 0 Å². The van der Waals surface area contributed by atoms with E-state index in [1.165, 1.54) is 19.3 Å². The third kappa shape index (κ3) is 7.79. The van der Waals surface area contributed by atoms with Gasteiger partial charge >= 0.3 is 5.97 Å². The van der Waals surface area contributed by atoms with Crippen molar-refractivity contribution in [2.75, 3.05) is 13.2 Å². The fraction of sp³-hybridized carbons (Fsp3) is 0.562. The van der Waals surface area contributed by atoms with Crippen LogP contribution >= 0.6 is 0 Å². The molecule has 0 bridgehead atoms. The molecule has 0 aliphatic carbocycles. The van der Waals surface area contributed by atoms with Crippen LogP contribution in [-0.4, -0.2) is 24.2 Å². The number of carboxylic acids is 1. The topological polar surface area (TPSA) is 58.6 Å². The number of carboxylic acid groups (broad SMARTS) is 1. The van der Waals surface area contributed by atoms with Gasteiger partial charge in [-0.05, 0) is 24.1 Å². The van der Waals surface area contributed by atoms with Crippen molar-refractivity contribution < 1.29 is 14.6 Å². The lowest BCUT2D eigenvalue weighted by Gasteiger charge is -2.08. The van der Waals surface area contributed by atoms with Crippen molar-refractivity contribution in [3.63, 3.8) is 0 Å². The average Bonchev–Trinajstić information content (AvgIpc) is 2.44. The molecule has 0 spiro atoms. The zero-order chi connectivity index (χ0) is 14.6. The predicted octanol–water partition coefficient (Wildman–Crippen LogP) is 3.21. The van der Waals surface area contributed by atoms with Crippen LogP contribution in [0.3, 0.4) is 0 Å². The third-order valence-electron chi connectivity index (χ3n) is 3.01. The minimum Gasteiger partial charge on any atom is -0.494 e. The number of unbranched alkanes of at least 4 members (excludes halogenated alkanes) is 3. The number of benzene rings is 1. The van der Waals surface area contributed by atoms with E-state index in [4.69, 9.17) is 9.84 Å². The molecule has 0 saturated heterocycles. The lowest BCUT2D eigenvalue weighted by atomic mass is 10.2. The third-order valence-corrected chi connectivity index (χ3v) is 3.01. The van der Waals surface area contributed by atoms with Crippen LogP contribution in [0.5, 0.6) is 5.75 Å². The highest BCUT2D eigenvalue weighted by molar-refractivity contribution is 5.66. The molecule has 1 aromatic carbocycles. The molecule has 2 N–H and O–H groups in total. The molecule has 4 nitrogen and oxygen atoms in total. The van der Waals surface area contributed by atoms with E-state index >= 15 is 0 Å². The van der Waals surface area contributed by atoms with Crippen molar-refractivity contribution >= 4 is 5.97 Å². The van der Waals surface area contributed by atoms with Gasteiger partial charge < -0.3 is 15.2 Å². The Morgan fingerprint density at radius 3 is 2.90 bits per heavy atom. The highest BCUT2D eigenvalue weighted by Gasteiger charge is 1.99. The Labute approximate surface area is 121 Å². The second-order valence-electron chi connectivity index (χ2n) is 4.88. The molecule has 0 unspecified atom stereocenters. The van der Waals surface area contributed by atoms with Crippen LogP contribution < -0.4 is 10.1 Å². The Kier molecular flexibility index (Phi) is 8.47. The molecule has 0 aromatic heterocycles.